The molecule has 4 rings (SSSR count). The third kappa shape index (κ3) is 2.93. The van der Waals surface area contributed by atoms with Crippen molar-refractivity contribution in [1.29, 1.82) is 0 Å². The number of pyridine rings is 1. The van der Waals surface area contributed by atoms with Crippen LogP contribution in [0.1, 0.15) is 23.0 Å². The van der Waals surface area contributed by atoms with Crippen LogP contribution in [0.15, 0.2) is 52.0 Å². The van der Waals surface area contributed by atoms with Crippen molar-refractivity contribution in [2.75, 3.05) is 0 Å². The van der Waals surface area contributed by atoms with Gasteiger partial charge in [0.15, 0.2) is 5.78 Å². The van der Waals surface area contributed by atoms with E-state index in [1.54, 1.807) is 30.6 Å². The Morgan fingerprint density at radius 2 is 1.96 bits per heavy atom. The van der Waals surface area contributed by atoms with Crippen LogP contribution in [-0.4, -0.2) is 21.9 Å². The summed E-state index contributed by atoms with van der Waals surface area (Å²) in [5.41, 5.74) is 2.90. The Hall–Kier alpha value is -3.19. The van der Waals surface area contributed by atoms with E-state index in [1.165, 1.54) is 13.0 Å². The van der Waals surface area contributed by atoms with Crippen LogP contribution in [0.3, 0.4) is 0 Å². The number of carbonyl (C=O) groups excluding carboxylic acids is 3. The molecule has 0 bridgehead atoms. The first-order valence-corrected chi connectivity index (χ1v) is 8.57. The van der Waals surface area contributed by atoms with Gasteiger partial charge >= 0.3 is 0 Å². The van der Waals surface area contributed by atoms with Crippen molar-refractivity contribution in [2.24, 2.45) is 0 Å². The van der Waals surface area contributed by atoms with E-state index >= 15 is 0 Å². The molecule has 6 nitrogen and oxygen atoms in total. The van der Waals surface area contributed by atoms with Crippen molar-refractivity contribution >= 4 is 45.7 Å². The topological polar surface area (TPSA) is 89.3 Å². The fourth-order valence-corrected chi connectivity index (χ4v) is 3.36. The molecule has 1 aromatic carbocycles. The molecule has 0 spiro atoms. The van der Waals surface area contributed by atoms with Gasteiger partial charge in [-0.25, -0.2) is 0 Å². The first kappa shape index (κ1) is 16.3. The lowest BCUT2D eigenvalue weighted by molar-refractivity contribution is -0.115. The van der Waals surface area contributed by atoms with Crippen LogP contribution in [0.25, 0.3) is 28.2 Å². The molecule has 0 saturated carbocycles. The smallest absolute Gasteiger partial charge is 0.290 e. The van der Waals surface area contributed by atoms with E-state index in [-0.39, 0.29) is 10.7 Å². The highest BCUT2D eigenvalue weighted by atomic mass is 32.2. The summed E-state index contributed by atoms with van der Waals surface area (Å²) < 4.78 is 5.89. The lowest BCUT2D eigenvalue weighted by Gasteiger charge is -2.03. The zero-order chi connectivity index (χ0) is 18.3. The van der Waals surface area contributed by atoms with E-state index in [4.69, 9.17) is 4.42 Å². The Morgan fingerprint density at radius 3 is 2.62 bits per heavy atom. The number of carbonyl (C=O) groups is 3. The Labute approximate surface area is 152 Å². The van der Waals surface area contributed by atoms with Gasteiger partial charge in [0.05, 0.1) is 4.91 Å². The van der Waals surface area contributed by atoms with Gasteiger partial charge in [0.2, 0.25) is 0 Å². The average Bonchev–Trinajstić information content (AvgIpc) is 3.17. The monoisotopic (exact) mass is 364 g/mol. The number of fused-ring (bicyclic) bond motifs is 1. The van der Waals surface area contributed by atoms with Gasteiger partial charge in [-0.2, -0.15) is 0 Å². The van der Waals surface area contributed by atoms with Gasteiger partial charge in [0.25, 0.3) is 11.1 Å². The summed E-state index contributed by atoms with van der Waals surface area (Å²) >= 11 is 0.837. The van der Waals surface area contributed by atoms with Crippen LogP contribution < -0.4 is 5.32 Å². The Morgan fingerprint density at radius 1 is 1.19 bits per heavy atom. The summed E-state index contributed by atoms with van der Waals surface area (Å²) in [6.45, 7) is 1.52. The molecule has 3 heterocycles. The summed E-state index contributed by atoms with van der Waals surface area (Å²) in [7, 11) is 0. The molecule has 0 aliphatic carbocycles. The van der Waals surface area contributed by atoms with Gasteiger partial charge in [-0.3, -0.25) is 24.7 Å². The number of imide groups is 1. The number of amides is 2. The van der Waals surface area contributed by atoms with Crippen molar-refractivity contribution in [3.05, 3.63) is 59.0 Å². The molecule has 128 valence electrons. The van der Waals surface area contributed by atoms with Crippen molar-refractivity contribution in [2.45, 2.75) is 6.92 Å². The molecular formula is C19H12N2O4S. The lowest BCUT2D eigenvalue weighted by atomic mass is 10.0. The van der Waals surface area contributed by atoms with E-state index in [9.17, 15) is 14.4 Å². The second kappa shape index (κ2) is 6.27. The number of nitrogens with one attached hydrogen (secondary N) is 1. The SMILES string of the molecule is CC(=O)c1ccc(-c2cncc3cc(/C=C4/SC(=O)NC4=O)oc23)cc1. The number of ketones is 1. The number of Topliss-reactive ketones (excluding diaryl/α,β-unsaturated/α-hetero) is 1. The van der Waals surface area contributed by atoms with Crippen LogP contribution in [0.4, 0.5) is 4.79 Å². The maximum atomic E-state index is 11.7. The Bertz CT molecular complexity index is 1100. The first-order valence-electron chi connectivity index (χ1n) is 7.75. The van der Waals surface area contributed by atoms with Crippen molar-refractivity contribution in [3.8, 4) is 11.1 Å². The van der Waals surface area contributed by atoms with Crippen molar-refractivity contribution in [1.82, 2.24) is 10.3 Å². The minimum absolute atomic E-state index is 0.00156. The summed E-state index contributed by atoms with van der Waals surface area (Å²) in [6.07, 6.45) is 4.89. The van der Waals surface area contributed by atoms with Gasteiger partial charge in [-0.15, -0.1) is 0 Å². The number of nitrogens with zero attached hydrogens (tertiary/aromatic N) is 1. The average molecular weight is 364 g/mol. The Balaban J connectivity index is 1.76. The summed E-state index contributed by atoms with van der Waals surface area (Å²) in [5.74, 6) is 0.0299. The van der Waals surface area contributed by atoms with Crippen LogP contribution in [-0.2, 0) is 4.79 Å². The van der Waals surface area contributed by atoms with E-state index in [2.05, 4.69) is 10.3 Å². The predicted molar refractivity (Wildman–Crippen MR) is 98.6 cm³/mol. The first-order chi connectivity index (χ1) is 12.5. The van der Waals surface area contributed by atoms with E-state index < -0.39 is 11.1 Å². The second-order valence-electron chi connectivity index (χ2n) is 5.74. The van der Waals surface area contributed by atoms with Crippen molar-refractivity contribution in [3.63, 3.8) is 0 Å². The Kier molecular flexibility index (Phi) is 3.93. The molecule has 1 aliphatic heterocycles. The predicted octanol–water partition coefficient (Wildman–Crippen LogP) is 4.02. The maximum Gasteiger partial charge on any atom is 0.290 e. The van der Waals surface area contributed by atoms with Crippen molar-refractivity contribution < 1.29 is 18.8 Å². The maximum absolute atomic E-state index is 11.7. The highest BCUT2D eigenvalue weighted by Gasteiger charge is 2.25. The van der Waals surface area contributed by atoms with Crippen LogP contribution in [0.5, 0.6) is 0 Å². The number of rotatable bonds is 3. The summed E-state index contributed by atoms with van der Waals surface area (Å²) in [4.78, 5) is 38.9. The molecule has 7 heteroatoms. The molecule has 3 aromatic rings. The third-order valence-corrected chi connectivity index (χ3v) is 4.77. The van der Waals surface area contributed by atoms with E-state index in [0.29, 0.717) is 16.9 Å². The molecule has 2 amide bonds. The minimum Gasteiger partial charge on any atom is -0.456 e. The van der Waals surface area contributed by atoms with E-state index in [1.807, 2.05) is 12.1 Å². The molecule has 0 radical (unpaired) electrons. The lowest BCUT2D eigenvalue weighted by Crippen LogP contribution is -2.17. The molecule has 2 aromatic heterocycles. The molecule has 1 fully saturated rings. The fraction of sp³-hybridized carbons (Fsp3) is 0.0526. The molecular weight excluding hydrogens is 352 g/mol. The standard InChI is InChI=1S/C19H12N2O4S/c1-10(22)11-2-4-12(5-3-11)15-9-20-8-13-6-14(25-17(13)15)7-16-18(23)21-19(24)26-16/h2-9H,1H3,(H,21,23,24)/b16-7+. The number of thioether (sulfide) groups is 1. The van der Waals surface area contributed by atoms with Gasteiger partial charge in [0.1, 0.15) is 11.3 Å². The minimum atomic E-state index is -0.432. The number of benzene rings is 1. The second-order valence-corrected chi connectivity index (χ2v) is 6.75. The highest BCUT2D eigenvalue weighted by molar-refractivity contribution is 8.18. The number of hydrogen-bond acceptors (Lipinski definition) is 6. The number of furan rings is 1. The number of hydrogen-bond donors (Lipinski definition) is 1. The summed E-state index contributed by atoms with van der Waals surface area (Å²) in [5, 5.41) is 2.59. The van der Waals surface area contributed by atoms with Gasteiger partial charge in [-0.1, -0.05) is 24.3 Å². The normalized spacial score (nSPS) is 15.7. The molecule has 1 N–H and O–H groups in total. The fourth-order valence-electron chi connectivity index (χ4n) is 2.69. The van der Waals surface area contributed by atoms with Crippen LogP contribution in [0, 0.1) is 0 Å². The zero-order valence-electron chi connectivity index (χ0n) is 13.6. The molecule has 26 heavy (non-hydrogen) atoms. The van der Waals surface area contributed by atoms with Gasteiger partial charge in [0, 0.05) is 35.0 Å². The summed E-state index contributed by atoms with van der Waals surface area (Å²) in [6, 6.07) is 8.96. The molecule has 0 unspecified atom stereocenters. The van der Waals surface area contributed by atoms with Crippen LogP contribution in [0.2, 0.25) is 0 Å². The molecule has 0 atom stereocenters. The molecule has 1 saturated heterocycles. The van der Waals surface area contributed by atoms with Crippen LogP contribution >= 0.6 is 11.8 Å². The number of aromatic nitrogens is 1. The highest BCUT2D eigenvalue weighted by Crippen LogP contribution is 2.32. The third-order valence-electron chi connectivity index (χ3n) is 3.96. The quantitative estimate of drug-likeness (QED) is 0.558. The van der Waals surface area contributed by atoms with E-state index in [0.717, 1.165) is 28.3 Å². The molecule has 1 aliphatic rings. The van der Waals surface area contributed by atoms with Gasteiger partial charge in [-0.05, 0) is 30.3 Å². The zero-order valence-corrected chi connectivity index (χ0v) is 14.4. The van der Waals surface area contributed by atoms with Gasteiger partial charge < -0.3 is 4.42 Å². The largest absolute Gasteiger partial charge is 0.456 e.